The van der Waals surface area contributed by atoms with Crippen molar-refractivity contribution in [3.63, 3.8) is 0 Å². The zero-order chi connectivity index (χ0) is 11.7. The molecule has 1 aromatic carbocycles. The largest absolute Gasteiger partial charge is 0.399 e. The Kier molecular flexibility index (Phi) is 2.86. The number of nitrogen functional groups attached to an aromatic ring is 1. The molecule has 3 N–H and O–H groups in total. The molecule has 0 saturated heterocycles. The summed E-state index contributed by atoms with van der Waals surface area (Å²) >= 11 is 0. The highest BCUT2D eigenvalue weighted by atomic mass is 16.1. The highest BCUT2D eigenvalue weighted by Gasteiger charge is 2.24. The molecule has 0 aromatic heterocycles. The normalized spacial score (nSPS) is 15.2. The molecule has 86 valence electrons. The van der Waals surface area contributed by atoms with E-state index in [2.05, 4.69) is 5.32 Å². The van der Waals surface area contributed by atoms with Crippen LogP contribution in [0.1, 0.15) is 48.5 Å². The van der Waals surface area contributed by atoms with Crippen molar-refractivity contribution in [3.05, 3.63) is 29.3 Å². The quantitative estimate of drug-likeness (QED) is 0.765. The highest BCUT2D eigenvalue weighted by molar-refractivity contribution is 5.95. The van der Waals surface area contributed by atoms with Gasteiger partial charge >= 0.3 is 0 Å². The molecule has 0 spiro atoms. The number of carbonyl (C=O) groups excluding carboxylic acids is 1. The number of hydrogen-bond acceptors (Lipinski definition) is 2. The van der Waals surface area contributed by atoms with Crippen molar-refractivity contribution in [2.24, 2.45) is 0 Å². The van der Waals surface area contributed by atoms with Gasteiger partial charge in [0.05, 0.1) is 0 Å². The molecule has 1 aromatic rings. The summed E-state index contributed by atoms with van der Waals surface area (Å²) in [5.41, 5.74) is 8.37. The van der Waals surface area contributed by atoms with Gasteiger partial charge in [0.15, 0.2) is 0 Å². The Labute approximate surface area is 96.0 Å². The summed E-state index contributed by atoms with van der Waals surface area (Å²) in [7, 11) is 0. The Morgan fingerprint density at radius 3 is 2.62 bits per heavy atom. The van der Waals surface area contributed by atoms with Crippen molar-refractivity contribution in [3.8, 4) is 0 Å². The monoisotopic (exact) mass is 218 g/mol. The average molecular weight is 218 g/mol. The van der Waals surface area contributed by atoms with Crippen LogP contribution in [0.3, 0.4) is 0 Å². The van der Waals surface area contributed by atoms with Gasteiger partial charge in [-0.15, -0.1) is 0 Å². The van der Waals surface area contributed by atoms with Crippen LogP contribution in [0.25, 0.3) is 0 Å². The summed E-state index contributed by atoms with van der Waals surface area (Å²) in [6, 6.07) is 5.83. The van der Waals surface area contributed by atoms with E-state index in [1.54, 1.807) is 6.07 Å². The minimum absolute atomic E-state index is 0.0378. The molecule has 1 fully saturated rings. The molecule has 0 radical (unpaired) electrons. The standard InChI is InChI=1S/C13H18N2O/c1-8(2)15-13(16)11-5-10(9-3-4-9)6-12(14)7-11/h5-9H,3-4,14H2,1-2H3,(H,15,16). The number of nitrogens with one attached hydrogen (secondary N) is 1. The van der Waals surface area contributed by atoms with E-state index < -0.39 is 0 Å². The summed E-state index contributed by atoms with van der Waals surface area (Å²) in [5.74, 6) is 0.582. The number of hydrogen-bond donors (Lipinski definition) is 2. The molecular formula is C13H18N2O. The van der Waals surface area contributed by atoms with Crippen molar-refractivity contribution in [1.29, 1.82) is 0 Å². The van der Waals surface area contributed by atoms with E-state index in [-0.39, 0.29) is 11.9 Å². The van der Waals surface area contributed by atoms with Crippen molar-refractivity contribution >= 4 is 11.6 Å². The van der Waals surface area contributed by atoms with Gasteiger partial charge in [-0.25, -0.2) is 0 Å². The summed E-state index contributed by atoms with van der Waals surface area (Å²) < 4.78 is 0. The molecule has 16 heavy (non-hydrogen) atoms. The van der Waals surface area contributed by atoms with Crippen LogP contribution in [0.5, 0.6) is 0 Å². The van der Waals surface area contributed by atoms with Gasteiger partial charge in [0.2, 0.25) is 0 Å². The molecule has 0 unspecified atom stereocenters. The van der Waals surface area contributed by atoms with E-state index in [1.807, 2.05) is 26.0 Å². The summed E-state index contributed by atoms with van der Waals surface area (Å²) in [4.78, 5) is 11.8. The summed E-state index contributed by atoms with van der Waals surface area (Å²) in [5, 5.41) is 2.88. The van der Waals surface area contributed by atoms with Crippen LogP contribution in [-0.4, -0.2) is 11.9 Å². The number of nitrogens with two attached hydrogens (primary N) is 1. The van der Waals surface area contributed by atoms with Gasteiger partial charge in [-0.3, -0.25) is 4.79 Å². The van der Waals surface area contributed by atoms with Gasteiger partial charge in [-0.05, 0) is 56.4 Å². The predicted molar refractivity (Wildman–Crippen MR) is 65.4 cm³/mol. The van der Waals surface area contributed by atoms with E-state index in [0.717, 1.165) is 0 Å². The minimum Gasteiger partial charge on any atom is -0.399 e. The van der Waals surface area contributed by atoms with Crippen LogP contribution in [0.2, 0.25) is 0 Å². The Morgan fingerprint density at radius 1 is 1.38 bits per heavy atom. The van der Waals surface area contributed by atoms with Crippen molar-refractivity contribution < 1.29 is 4.79 Å². The van der Waals surface area contributed by atoms with Crippen molar-refractivity contribution in [2.75, 3.05) is 5.73 Å². The second-order valence-corrected chi connectivity index (χ2v) is 4.79. The first kappa shape index (κ1) is 11.0. The molecule has 1 amide bonds. The molecule has 1 aliphatic rings. The Bertz CT molecular complexity index is 408. The fraction of sp³-hybridized carbons (Fsp3) is 0.462. The first-order valence-corrected chi connectivity index (χ1v) is 5.77. The molecule has 3 nitrogen and oxygen atoms in total. The Balaban J connectivity index is 2.22. The predicted octanol–water partition coefficient (Wildman–Crippen LogP) is 2.28. The van der Waals surface area contributed by atoms with Crippen LogP contribution < -0.4 is 11.1 Å². The summed E-state index contributed by atoms with van der Waals surface area (Å²) in [6.45, 7) is 3.90. The lowest BCUT2D eigenvalue weighted by molar-refractivity contribution is 0.0943. The van der Waals surface area contributed by atoms with Gasteiger partial charge < -0.3 is 11.1 Å². The van der Waals surface area contributed by atoms with E-state index in [1.165, 1.54) is 18.4 Å². The van der Waals surface area contributed by atoms with Crippen molar-refractivity contribution in [1.82, 2.24) is 5.32 Å². The third-order valence-electron chi connectivity index (χ3n) is 2.71. The number of anilines is 1. The Morgan fingerprint density at radius 2 is 2.06 bits per heavy atom. The number of carbonyl (C=O) groups is 1. The second kappa shape index (κ2) is 4.16. The van der Waals surface area contributed by atoms with Gasteiger partial charge in [-0.2, -0.15) is 0 Å². The lowest BCUT2D eigenvalue weighted by atomic mass is 10.1. The summed E-state index contributed by atoms with van der Waals surface area (Å²) in [6.07, 6.45) is 2.43. The van der Waals surface area contributed by atoms with E-state index in [0.29, 0.717) is 17.2 Å². The van der Waals surface area contributed by atoms with Gasteiger partial charge in [-0.1, -0.05) is 0 Å². The fourth-order valence-corrected chi connectivity index (χ4v) is 1.81. The SMILES string of the molecule is CC(C)NC(=O)c1cc(N)cc(C2CC2)c1. The van der Waals surface area contributed by atoms with Crippen LogP contribution in [-0.2, 0) is 0 Å². The zero-order valence-corrected chi connectivity index (χ0v) is 9.79. The van der Waals surface area contributed by atoms with Gasteiger partial charge in [0.1, 0.15) is 0 Å². The fourth-order valence-electron chi connectivity index (χ4n) is 1.81. The Hall–Kier alpha value is -1.51. The van der Waals surface area contributed by atoms with Crippen molar-refractivity contribution in [2.45, 2.75) is 38.6 Å². The van der Waals surface area contributed by atoms with E-state index in [9.17, 15) is 4.79 Å². The van der Waals surface area contributed by atoms with E-state index in [4.69, 9.17) is 5.73 Å². The molecule has 0 bridgehead atoms. The average Bonchev–Trinajstić information content (AvgIpc) is 2.98. The second-order valence-electron chi connectivity index (χ2n) is 4.79. The third-order valence-corrected chi connectivity index (χ3v) is 2.71. The zero-order valence-electron chi connectivity index (χ0n) is 9.79. The third kappa shape index (κ3) is 2.54. The van der Waals surface area contributed by atoms with Crippen LogP contribution in [0.15, 0.2) is 18.2 Å². The molecule has 1 saturated carbocycles. The minimum atomic E-state index is -0.0378. The molecule has 0 heterocycles. The topological polar surface area (TPSA) is 55.1 Å². The highest BCUT2D eigenvalue weighted by Crippen LogP contribution is 2.40. The number of rotatable bonds is 3. The van der Waals surface area contributed by atoms with Gasteiger partial charge in [0.25, 0.3) is 5.91 Å². The molecule has 0 aliphatic heterocycles. The first-order valence-electron chi connectivity index (χ1n) is 5.77. The number of benzene rings is 1. The maximum atomic E-state index is 11.8. The maximum Gasteiger partial charge on any atom is 0.251 e. The van der Waals surface area contributed by atoms with Crippen LogP contribution in [0, 0.1) is 0 Å². The molecular weight excluding hydrogens is 200 g/mol. The van der Waals surface area contributed by atoms with Crippen LogP contribution in [0.4, 0.5) is 5.69 Å². The molecule has 3 heteroatoms. The first-order chi connectivity index (χ1) is 7.56. The molecule has 2 rings (SSSR count). The maximum absolute atomic E-state index is 11.8. The lowest BCUT2D eigenvalue weighted by Crippen LogP contribution is -2.30. The van der Waals surface area contributed by atoms with E-state index >= 15 is 0 Å². The van der Waals surface area contributed by atoms with Crippen LogP contribution >= 0.6 is 0 Å². The molecule has 0 atom stereocenters. The van der Waals surface area contributed by atoms with Gasteiger partial charge in [0, 0.05) is 17.3 Å². The number of amides is 1. The smallest absolute Gasteiger partial charge is 0.251 e. The lowest BCUT2D eigenvalue weighted by Gasteiger charge is -2.10. The molecule has 1 aliphatic carbocycles.